The van der Waals surface area contributed by atoms with E-state index in [9.17, 15) is 9.18 Å². The Morgan fingerprint density at radius 2 is 1.89 bits per heavy atom. The fourth-order valence-corrected chi connectivity index (χ4v) is 5.04. The first kappa shape index (κ1) is 25.1. The van der Waals surface area contributed by atoms with Crippen molar-refractivity contribution in [1.29, 1.82) is 0 Å². The molecule has 8 nitrogen and oxygen atoms in total. The van der Waals surface area contributed by atoms with Gasteiger partial charge in [-0.25, -0.2) is 19.3 Å². The van der Waals surface area contributed by atoms with Gasteiger partial charge in [0.1, 0.15) is 35.1 Å². The Morgan fingerprint density at radius 3 is 2.68 bits per heavy atom. The summed E-state index contributed by atoms with van der Waals surface area (Å²) in [6.45, 7) is 2.29. The van der Waals surface area contributed by atoms with Gasteiger partial charge in [-0.05, 0) is 60.5 Å². The molecule has 0 bridgehead atoms. The number of nitrogens with two attached hydrogens (primary N) is 1. The fraction of sp³-hybridized carbons (Fsp3) is 0.143. The molecule has 5 aromatic rings. The van der Waals surface area contributed by atoms with Crippen LogP contribution in [0.15, 0.2) is 73.2 Å². The summed E-state index contributed by atoms with van der Waals surface area (Å²) in [5.74, 6) is 0.562. The van der Waals surface area contributed by atoms with Crippen LogP contribution in [-0.4, -0.2) is 28.0 Å². The third-order valence-corrected chi connectivity index (χ3v) is 7.25. The van der Waals surface area contributed by atoms with E-state index >= 15 is 0 Å². The molecule has 4 N–H and O–H groups in total. The molecular formula is C28H25FN6O2S. The molecule has 0 saturated heterocycles. The number of aromatic nitrogens is 3. The van der Waals surface area contributed by atoms with E-state index in [2.05, 4.69) is 25.6 Å². The van der Waals surface area contributed by atoms with E-state index in [-0.39, 0.29) is 17.8 Å². The molecular weight excluding hydrogens is 503 g/mol. The lowest BCUT2D eigenvalue weighted by molar-refractivity contribution is 0.0937. The van der Waals surface area contributed by atoms with Crippen LogP contribution in [0.25, 0.3) is 21.3 Å². The number of anilines is 2. The second-order valence-corrected chi connectivity index (χ2v) is 9.76. The number of nitrogens with one attached hydrogen (secondary N) is 2. The minimum Gasteiger partial charge on any atom is -0.496 e. The van der Waals surface area contributed by atoms with Gasteiger partial charge in [-0.15, -0.1) is 11.3 Å². The number of methoxy groups -OCH3 is 1. The van der Waals surface area contributed by atoms with Crippen molar-refractivity contribution in [2.75, 3.05) is 18.2 Å². The molecule has 1 unspecified atom stereocenters. The molecule has 38 heavy (non-hydrogen) atoms. The van der Waals surface area contributed by atoms with Crippen LogP contribution >= 0.6 is 11.3 Å². The molecule has 2 aromatic carbocycles. The predicted octanol–water partition coefficient (Wildman–Crippen LogP) is 5.59. The number of fused-ring (bicyclic) bond motifs is 1. The number of carbonyl (C=O) groups is 1. The van der Waals surface area contributed by atoms with Gasteiger partial charge in [-0.3, -0.25) is 4.79 Å². The largest absolute Gasteiger partial charge is 0.496 e. The van der Waals surface area contributed by atoms with Gasteiger partial charge in [0.25, 0.3) is 5.91 Å². The minimum absolute atomic E-state index is 0.297. The number of benzene rings is 2. The number of thiophene rings is 1. The van der Waals surface area contributed by atoms with Crippen molar-refractivity contribution < 1.29 is 13.9 Å². The molecule has 5 rings (SSSR count). The lowest BCUT2D eigenvalue weighted by Crippen LogP contribution is -2.28. The van der Waals surface area contributed by atoms with Gasteiger partial charge in [0.2, 0.25) is 0 Å². The van der Waals surface area contributed by atoms with Crippen LogP contribution in [-0.2, 0) is 6.54 Å². The van der Waals surface area contributed by atoms with Gasteiger partial charge >= 0.3 is 0 Å². The second kappa shape index (κ2) is 10.8. The summed E-state index contributed by atoms with van der Waals surface area (Å²) in [7, 11) is 1.51. The number of halogens is 1. The Hall–Kier alpha value is -4.57. The molecule has 0 aliphatic carbocycles. The van der Waals surface area contributed by atoms with Crippen molar-refractivity contribution in [1.82, 2.24) is 20.3 Å². The molecule has 0 aliphatic rings. The van der Waals surface area contributed by atoms with Gasteiger partial charge in [0, 0.05) is 21.3 Å². The molecule has 0 aliphatic heterocycles. The zero-order chi connectivity index (χ0) is 26.6. The molecule has 0 fully saturated rings. The number of ether oxygens (including phenoxy) is 1. The van der Waals surface area contributed by atoms with E-state index in [0.29, 0.717) is 29.5 Å². The summed E-state index contributed by atoms with van der Waals surface area (Å²) in [4.78, 5) is 28.1. The van der Waals surface area contributed by atoms with Crippen LogP contribution in [0.2, 0.25) is 0 Å². The van der Waals surface area contributed by atoms with E-state index in [1.807, 2.05) is 37.3 Å². The van der Waals surface area contributed by atoms with Crippen molar-refractivity contribution in [2.45, 2.75) is 19.5 Å². The molecule has 1 amide bonds. The van der Waals surface area contributed by atoms with E-state index in [1.165, 1.54) is 25.6 Å². The molecule has 10 heteroatoms. The van der Waals surface area contributed by atoms with E-state index < -0.39 is 0 Å². The topological polar surface area (TPSA) is 115 Å². The number of rotatable bonds is 8. The summed E-state index contributed by atoms with van der Waals surface area (Å²) in [6, 6.07) is 17.3. The third-order valence-electron chi connectivity index (χ3n) is 6.12. The van der Waals surface area contributed by atoms with Crippen molar-refractivity contribution >= 4 is 39.8 Å². The Balaban J connectivity index is 1.33. The van der Waals surface area contributed by atoms with E-state index in [0.717, 1.165) is 31.8 Å². The number of hydrogen-bond donors (Lipinski definition) is 3. The van der Waals surface area contributed by atoms with Crippen LogP contribution in [0.3, 0.4) is 0 Å². The van der Waals surface area contributed by atoms with Crippen molar-refractivity contribution in [3.63, 3.8) is 0 Å². The van der Waals surface area contributed by atoms with E-state index in [4.69, 9.17) is 10.5 Å². The summed E-state index contributed by atoms with van der Waals surface area (Å²) < 4.78 is 18.8. The average molecular weight is 529 g/mol. The summed E-state index contributed by atoms with van der Waals surface area (Å²) in [6.07, 6.45) is 3.04. The smallest absolute Gasteiger partial charge is 0.259 e. The summed E-state index contributed by atoms with van der Waals surface area (Å²) >= 11 is 1.62. The highest BCUT2D eigenvalue weighted by Gasteiger charge is 2.21. The number of nitrogens with zero attached hydrogens (tertiary/aromatic N) is 3. The maximum atomic E-state index is 13.3. The van der Waals surface area contributed by atoms with Crippen LogP contribution in [0.5, 0.6) is 5.75 Å². The zero-order valence-electron chi connectivity index (χ0n) is 20.7. The molecule has 1 atom stereocenters. The first-order chi connectivity index (χ1) is 18.4. The second-order valence-electron chi connectivity index (χ2n) is 8.59. The van der Waals surface area contributed by atoms with Crippen molar-refractivity contribution in [3.05, 3.63) is 95.0 Å². The third kappa shape index (κ3) is 5.25. The molecule has 0 saturated carbocycles. The quantitative estimate of drug-likeness (QED) is 0.241. The minimum atomic E-state index is -0.350. The maximum Gasteiger partial charge on any atom is 0.259 e. The van der Waals surface area contributed by atoms with Crippen LogP contribution in [0.1, 0.15) is 33.8 Å². The highest BCUT2D eigenvalue weighted by Crippen LogP contribution is 2.32. The Labute approximate surface area is 222 Å². The number of pyridine rings is 1. The molecule has 192 valence electrons. The molecule has 0 spiro atoms. The van der Waals surface area contributed by atoms with E-state index in [1.54, 1.807) is 35.7 Å². The van der Waals surface area contributed by atoms with Crippen LogP contribution in [0, 0.1) is 5.82 Å². The first-order valence-electron chi connectivity index (χ1n) is 11.9. The number of hydrogen-bond acceptors (Lipinski definition) is 8. The maximum absolute atomic E-state index is 13.3. The van der Waals surface area contributed by atoms with Crippen LogP contribution in [0.4, 0.5) is 16.0 Å². The zero-order valence-corrected chi connectivity index (χ0v) is 21.6. The molecule has 0 radical (unpaired) electrons. The van der Waals surface area contributed by atoms with Gasteiger partial charge in [-0.1, -0.05) is 18.2 Å². The number of carbonyl (C=O) groups excluding carboxylic acids is 1. The molecule has 3 heterocycles. The summed E-state index contributed by atoms with van der Waals surface area (Å²) in [5.41, 5.74) is 8.92. The molecule has 3 aromatic heterocycles. The van der Waals surface area contributed by atoms with Gasteiger partial charge in [0.15, 0.2) is 0 Å². The van der Waals surface area contributed by atoms with Gasteiger partial charge in [-0.2, -0.15) is 0 Å². The Kier molecular flexibility index (Phi) is 7.14. The fourth-order valence-electron chi connectivity index (χ4n) is 4.10. The normalized spacial score (nSPS) is 11.8. The number of nitrogen functional groups attached to an aromatic ring is 1. The Morgan fingerprint density at radius 1 is 1.08 bits per heavy atom. The van der Waals surface area contributed by atoms with Gasteiger partial charge in [0.05, 0.1) is 25.2 Å². The standard InChI is InChI=1S/C28H25FN6O2S/c1-16(17-3-6-19(29)7-4-17)35-28(36)25-23(37-2)11-12-31-27(25)32-14-20-8-10-24(38-20)18-5-9-22-21(13-18)26(30)34-15-33-22/h3-13,15-16H,14H2,1-2H3,(H,31,32)(H,35,36)(H2,30,33,34). The highest BCUT2D eigenvalue weighted by atomic mass is 32.1. The Bertz CT molecular complexity index is 1610. The SMILES string of the molecule is COc1ccnc(NCc2ccc(-c3ccc4ncnc(N)c4c3)s2)c1C(=O)NC(C)c1ccc(F)cc1. The van der Waals surface area contributed by atoms with Crippen molar-refractivity contribution in [2.24, 2.45) is 0 Å². The highest BCUT2D eigenvalue weighted by molar-refractivity contribution is 7.15. The summed E-state index contributed by atoms with van der Waals surface area (Å²) in [5, 5.41) is 7.04. The monoisotopic (exact) mass is 528 g/mol. The lowest BCUT2D eigenvalue weighted by Gasteiger charge is -2.18. The number of amides is 1. The average Bonchev–Trinajstić information content (AvgIpc) is 3.41. The predicted molar refractivity (Wildman–Crippen MR) is 148 cm³/mol. The van der Waals surface area contributed by atoms with Crippen LogP contribution < -0.4 is 21.1 Å². The lowest BCUT2D eigenvalue weighted by atomic mass is 10.1. The van der Waals surface area contributed by atoms with Crippen molar-refractivity contribution in [3.8, 4) is 16.2 Å². The van der Waals surface area contributed by atoms with Gasteiger partial charge < -0.3 is 21.1 Å². The first-order valence-corrected chi connectivity index (χ1v) is 12.7.